The molecule has 2 aromatic carbocycles. The zero-order valence-electron chi connectivity index (χ0n) is 9.87. The van der Waals surface area contributed by atoms with Crippen molar-refractivity contribution in [3.63, 3.8) is 0 Å². The van der Waals surface area contributed by atoms with E-state index in [4.69, 9.17) is 0 Å². The molecule has 0 saturated heterocycles. The second kappa shape index (κ2) is 4.46. The van der Waals surface area contributed by atoms with Crippen molar-refractivity contribution in [1.82, 2.24) is 9.97 Å². The van der Waals surface area contributed by atoms with Crippen LogP contribution in [-0.4, -0.2) is 9.97 Å². The van der Waals surface area contributed by atoms with Crippen LogP contribution in [0.4, 0.5) is 11.6 Å². The third-order valence-electron chi connectivity index (χ3n) is 2.81. The maximum Gasteiger partial charge on any atom is 0.205 e. The molecule has 0 aliphatic carbocycles. The molecule has 1 heterocycles. The molecule has 3 aromatic rings. The largest absolute Gasteiger partial charge is 0.326 e. The zero-order chi connectivity index (χ0) is 12.5. The summed E-state index contributed by atoms with van der Waals surface area (Å²) in [4.78, 5) is 7.73. The highest BCUT2D eigenvalue weighted by Crippen LogP contribution is 2.23. The average Bonchev–Trinajstić information content (AvgIpc) is 2.76. The van der Waals surface area contributed by atoms with E-state index in [0.717, 1.165) is 27.1 Å². The topological polar surface area (TPSA) is 40.7 Å². The van der Waals surface area contributed by atoms with Crippen LogP contribution in [0.15, 0.2) is 46.9 Å². The third kappa shape index (κ3) is 2.11. The summed E-state index contributed by atoms with van der Waals surface area (Å²) in [6, 6.07) is 14.1. The number of imidazole rings is 1. The lowest BCUT2D eigenvalue weighted by molar-refractivity contribution is 1.30. The fourth-order valence-electron chi connectivity index (χ4n) is 1.87. The number of aromatic nitrogens is 2. The minimum absolute atomic E-state index is 0.762. The van der Waals surface area contributed by atoms with Gasteiger partial charge in [0, 0.05) is 10.2 Å². The molecule has 0 bridgehead atoms. The molecule has 0 aliphatic rings. The Morgan fingerprint density at radius 3 is 2.78 bits per heavy atom. The van der Waals surface area contributed by atoms with Gasteiger partial charge in [0.15, 0.2) is 0 Å². The van der Waals surface area contributed by atoms with Crippen molar-refractivity contribution in [3.8, 4) is 0 Å². The fourth-order valence-corrected chi connectivity index (χ4v) is 2.12. The molecule has 3 nitrogen and oxygen atoms in total. The zero-order valence-corrected chi connectivity index (χ0v) is 11.5. The first kappa shape index (κ1) is 11.3. The van der Waals surface area contributed by atoms with Crippen LogP contribution in [0.2, 0.25) is 0 Å². The van der Waals surface area contributed by atoms with Crippen LogP contribution >= 0.6 is 15.9 Å². The van der Waals surface area contributed by atoms with Crippen LogP contribution in [0.25, 0.3) is 11.0 Å². The van der Waals surface area contributed by atoms with Gasteiger partial charge in [-0.2, -0.15) is 0 Å². The molecule has 0 saturated carbocycles. The molecule has 0 amide bonds. The highest BCUT2D eigenvalue weighted by atomic mass is 79.9. The van der Waals surface area contributed by atoms with E-state index in [1.165, 1.54) is 5.56 Å². The predicted octanol–water partition coefficient (Wildman–Crippen LogP) is 4.38. The van der Waals surface area contributed by atoms with Crippen molar-refractivity contribution in [3.05, 3.63) is 52.5 Å². The highest BCUT2D eigenvalue weighted by Gasteiger charge is 2.03. The molecule has 3 rings (SSSR count). The van der Waals surface area contributed by atoms with Crippen LogP contribution in [0.5, 0.6) is 0 Å². The number of benzene rings is 2. The van der Waals surface area contributed by atoms with E-state index >= 15 is 0 Å². The minimum Gasteiger partial charge on any atom is -0.326 e. The number of fused-ring (bicyclic) bond motifs is 1. The number of rotatable bonds is 2. The van der Waals surface area contributed by atoms with Crippen molar-refractivity contribution in [2.45, 2.75) is 6.92 Å². The number of halogens is 1. The smallest absolute Gasteiger partial charge is 0.205 e. The van der Waals surface area contributed by atoms with Gasteiger partial charge in [0.1, 0.15) is 0 Å². The van der Waals surface area contributed by atoms with E-state index in [0.29, 0.717) is 0 Å². The maximum absolute atomic E-state index is 4.48. The molecule has 0 unspecified atom stereocenters. The van der Waals surface area contributed by atoms with E-state index < -0.39 is 0 Å². The highest BCUT2D eigenvalue weighted by molar-refractivity contribution is 9.10. The van der Waals surface area contributed by atoms with Gasteiger partial charge >= 0.3 is 0 Å². The number of nitrogens with one attached hydrogen (secondary N) is 2. The van der Waals surface area contributed by atoms with Crippen LogP contribution in [0, 0.1) is 6.92 Å². The lowest BCUT2D eigenvalue weighted by Gasteiger charge is -2.04. The maximum atomic E-state index is 4.48. The summed E-state index contributed by atoms with van der Waals surface area (Å²) in [6.45, 7) is 2.06. The molecule has 0 radical (unpaired) electrons. The molecular weight excluding hydrogens is 290 g/mol. The van der Waals surface area contributed by atoms with Gasteiger partial charge in [-0.25, -0.2) is 4.98 Å². The van der Waals surface area contributed by atoms with E-state index in [1.54, 1.807) is 0 Å². The minimum atomic E-state index is 0.762. The number of aromatic amines is 1. The Labute approximate surface area is 113 Å². The van der Waals surface area contributed by atoms with E-state index in [9.17, 15) is 0 Å². The van der Waals surface area contributed by atoms with Crippen LogP contribution in [-0.2, 0) is 0 Å². The lowest BCUT2D eigenvalue weighted by atomic mass is 10.2. The number of nitrogens with zero attached hydrogens (tertiary/aromatic N) is 1. The molecule has 2 N–H and O–H groups in total. The molecular formula is C14H12BrN3. The van der Waals surface area contributed by atoms with Gasteiger partial charge in [0.25, 0.3) is 0 Å². The Hall–Kier alpha value is -1.81. The summed E-state index contributed by atoms with van der Waals surface area (Å²) < 4.78 is 1.11. The van der Waals surface area contributed by atoms with Crippen molar-refractivity contribution in [2.24, 2.45) is 0 Å². The summed E-state index contributed by atoms with van der Waals surface area (Å²) in [5.74, 6) is 0.762. The van der Waals surface area contributed by atoms with Crippen molar-refractivity contribution >= 4 is 38.6 Å². The van der Waals surface area contributed by atoms with Crippen LogP contribution in [0.3, 0.4) is 0 Å². The Bertz CT molecular complexity index is 670. The molecule has 0 spiro atoms. The number of anilines is 2. The SMILES string of the molecule is Cc1cc(Nc2nc3ccccc3[nH]2)ccc1Br. The first-order valence-corrected chi connectivity index (χ1v) is 6.49. The van der Waals surface area contributed by atoms with Crippen molar-refractivity contribution < 1.29 is 0 Å². The van der Waals surface area contributed by atoms with Gasteiger partial charge in [0.05, 0.1) is 11.0 Å². The predicted molar refractivity (Wildman–Crippen MR) is 78.3 cm³/mol. The number of hydrogen-bond acceptors (Lipinski definition) is 2. The second-order valence-electron chi connectivity index (χ2n) is 4.19. The van der Waals surface area contributed by atoms with Crippen molar-refractivity contribution in [1.29, 1.82) is 0 Å². The Morgan fingerprint density at radius 1 is 1.17 bits per heavy atom. The first-order chi connectivity index (χ1) is 8.72. The number of aryl methyl sites for hydroxylation is 1. The monoisotopic (exact) mass is 301 g/mol. The number of para-hydroxylation sites is 2. The molecule has 0 fully saturated rings. The quantitative estimate of drug-likeness (QED) is 0.737. The Balaban J connectivity index is 1.93. The average molecular weight is 302 g/mol. The summed E-state index contributed by atoms with van der Waals surface area (Å²) in [5.41, 5.74) is 4.22. The van der Waals surface area contributed by atoms with Crippen molar-refractivity contribution in [2.75, 3.05) is 5.32 Å². The van der Waals surface area contributed by atoms with E-state index in [2.05, 4.69) is 44.2 Å². The fraction of sp³-hybridized carbons (Fsp3) is 0.0714. The molecule has 4 heteroatoms. The Kier molecular flexibility index (Phi) is 2.80. The van der Waals surface area contributed by atoms with E-state index in [1.807, 2.05) is 36.4 Å². The van der Waals surface area contributed by atoms with Gasteiger partial charge in [-0.05, 0) is 42.8 Å². The lowest BCUT2D eigenvalue weighted by Crippen LogP contribution is -1.92. The third-order valence-corrected chi connectivity index (χ3v) is 3.70. The Morgan fingerprint density at radius 2 is 2.00 bits per heavy atom. The van der Waals surface area contributed by atoms with Gasteiger partial charge in [-0.3, -0.25) is 0 Å². The van der Waals surface area contributed by atoms with Crippen LogP contribution in [0.1, 0.15) is 5.56 Å². The second-order valence-corrected chi connectivity index (χ2v) is 5.05. The molecule has 90 valence electrons. The first-order valence-electron chi connectivity index (χ1n) is 5.70. The van der Waals surface area contributed by atoms with Gasteiger partial charge in [-0.15, -0.1) is 0 Å². The summed E-state index contributed by atoms with van der Waals surface area (Å²) in [6.07, 6.45) is 0. The van der Waals surface area contributed by atoms with Gasteiger partial charge < -0.3 is 10.3 Å². The molecule has 1 aromatic heterocycles. The number of hydrogen-bond donors (Lipinski definition) is 2. The van der Waals surface area contributed by atoms with Gasteiger partial charge in [-0.1, -0.05) is 28.1 Å². The molecule has 18 heavy (non-hydrogen) atoms. The normalized spacial score (nSPS) is 10.8. The van der Waals surface area contributed by atoms with Gasteiger partial charge in [0.2, 0.25) is 5.95 Å². The summed E-state index contributed by atoms with van der Waals surface area (Å²) in [7, 11) is 0. The molecule has 0 aliphatic heterocycles. The van der Waals surface area contributed by atoms with Crippen LogP contribution < -0.4 is 5.32 Å². The number of H-pyrrole nitrogens is 1. The molecule has 0 atom stereocenters. The van der Waals surface area contributed by atoms with E-state index in [-0.39, 0.29) is 0 Å². The standard InChI is InChI=1S/C14H12BrN3/c1-9-8-10(6-7-11(9)15)16-14-17-12-4-2-3-5-13(12)18-14/h2-8H,1H3,(H2,16,17,18). The summed E-state index contributed by atoms with van der Waals surface area (Å²) in [5, 5.41) is 3.27. The summed E-state index contributed by atoms with van der Waals surface area (Å²) >= 11 is 3.49.